The Labute approximate surface area is 109 Å². The highest BCUT2D eigenvalue weighted by Gasteiger charge is 2.41. The van der Waals surface area contributed by atoms with E-state index in [0.717, 1.165) is 6.42 Å². The lowest BCUT2D eigenvalue weighted by atomic mass is 9.70. The Kier molecular flexibility index (Phi) is 2.76. The summed E-state index contributed by atoms with van der Waals surface area (Å²) in [6.07, 6.45) is 2.41. The monoisotopic (exact) mass is 264 g/mol. The number of fused-ring (bicyclic) bond motifs is 1. The molecule has 2 heterocycles. The van der Waals surface area contributed by atoms with Gasteiger partial charge in [-0.1, -0.05) is 0 Å². The van der Waals surface area contributed by atoms with Gasteiger partial charge in [0.2, 0.25) is 5.95 Å². The van der Waals surface area contributed by atoms with Crippen LogP contribution in [0.15, 0.2) is 6.33 Å². The van der Waals surface area contributed by atoms with Crippen molar-refractivity contribution in [3.8, 4) is 0 Å². The molecular weight excluding hydrogens is 248 g/mol. The summed E-state index contributed by atoms with van der Waals surface area (Å²) in [6, 6.07) is 0.0563. The first-order valence-corrected chi connectivity index (χ1v) is 6.13. The second kappa shape index (κ2) is 4.32. The minimum Gasteiger partial charge on any atom is -0.396 e. The lowest BCUT2D eigenvalue weighted by Crippen LogP contribution is -2.42. The van der Waals surface area contributed by atoms with Gasteiger partial charge >= 0.3 is 0 Å². The summed E-state index contributed by atoms with van der Waals surface area (Å²) in [5.41, 5.74) is 12.4. The van der Waals surface area contributed by atoms with E-state index in [1.165, 1.54) is 0 Å². The summed E-state index contributed by atoms with van der Waals surface area (Å²) in [6.45, 7) is 0.0965. The van der Waals surface area contributed by atoms with E-state index in [4.69, 9.17) is 11.5 Å². The zero-order valence-corrected chi connectivity index (χ0v) is 10.3. The van der Waals surface area contributed by atoms with Crippen LogP contribution in [0.25, 0.3) is 11.2 Å². The molecule has 0 amide bonds. The molecule has 0 saturated heterocycles. The van der Waals surface area contributed by atoms with Crippen molar-refractivity contribution in [2.75, 3.05) is 24.7 Å². The lowest BCUT2D eigenvalue weighted by molar-refractivity contribution is -0.00528. The van der Waals surface area contributed by atoms with Gasteiger partial charge < -0.3 is 26.2 Å². The third-order valence-electron chi connectivity index (χ3n) is 3.91. The predicted octanol–water partition coefficient (Wildman–Crippen LogP) is -0.848. The molecule has 1 saturated carbocycles. The number of aliphatic hydroxyl groups excluding tert-OH is 2. The fourth-order valence-electron chi connectivity index (χ4n) is 2.78. The summed E-state index contributed by atoms with van der Waals surface area (Å²) in [5, 5.41) is 18.6. The average molecular weight is 264 g/mol. The Morgan fingerprint density at radius 1 is 1.26 bits per heavy atom. The minimum absolute atomic E-state index is 0.000172. The quantitative estimate of drug-likeness (QED) is 0.567. The van der Waals surface area contributed by atoms with Crippen LogP contribution < -0.4 is 11.5 Å². The molecule has 0 aliphatic heterocycles. The summed E-state index contributed by atoms with van der Waals surface area (Å²) >= 11 is 0. The van der Waals surface area contributed by atoms with Crippen molar-refractivity contribution >= 4 is 22.9 Å². The number of hydrogen-bond acceptors (Lipinski definition) is 7. The van der Waals surface area contributed by atoms with Crippen molar-refractivity contribution in [1.29, 1.82) is 0 Å². The molecule has 3 atom stereocenters. The van der Waals surface area contributed by atoms with Crippen LogP contribution in [0.1, 0.15) is 12.5 Å². The van der Waals surface area contributed by atoms with E-state index >= 15 is 0 Å². The molecule has 3 rings (SSSR count). The highest BCUT2D eigenvalue weighted by Crippen LogP contribution is 2.44. The SMILES string of the molecule is Nc1nc(N)c2ncn(C3CC(CO)C3CO)c2n1. The first kappa shape index (κ1) is 12.1. The topological polar surface area (TPSA) is 136 Å². The summed E-state index contributed by atoms with van der Waals surface area (Å²) in [7, 11) is 0. The number of anilines is 2. The summed E-state index contributed by atoms with van der Waals surface area (Å²) < 4.78 is 1.86. The maximum Gasteiger partial charge on any atom is 0.224 e. The van der Waals surface area contributed by atoms with Gasteiger partial charge in [0.05, 0.1) is 6.33 Å². The van der Waals surface area contributed by atoms with E-state index in [0.29, 0.717) is 11.2 Å². The van der Waals surface area contributed by atoms with E-state index in [2.05, 4.69) is 15.0 Å². The highest BCUT2D eigenvalue weighted by molar-refractivity contribution is 5.82. The van der Waals surface area contributed by atoms with Gasteiger partial charge in [0, 0.05) is 25.2 Å². The van der Waals surface area contributed by atoms with Crippen molar-refractivity contribution in [3.63, 3.8) is 0 Å². The molecule has 0 spiro atoms. The van der Waals surface area contributed by atoms with Crippen molar-refractivity contribution in [2.24, 2.45) is 11.8 Å². The molecular formula is C11H16N6O2. The molecule has 0 bridgehead atoms. The fourth-order valence-corrected chi connectivity index (χ4v) is 2.78. The number of rotatable bonds is 3. The predicted molar refractivity (Wildman–Crippen MR) is 69.0 cm³/mol. The maximum absolute atomic E-state index is 9.41. The van der Waals surface area contributed by atoms with Gasteiger partial charge in [-0.3, -0.25) is 0 Å². The largest absolute Gasteiger partial charge is 0.396 e. The lowest BCUT2D eigenvalue weighted by Gasteiger charge is -2.43. The maximum atomic E-state index is 9.41. The van der Waals surface area contributed by atoms with Crippen LogP contribution >= 0.6 is 0 Å². The molecule has 19 heavy (non-hydrogen) atoms. The highest BCUT2D eigenvalue weighted by atomic mass is 16.3. The zero-order chi connectivity index (χ0) is 13.6. The summed E-state index contributed by atoms with van der Waals surface area (Å²) in [5.74, 6) is 0.467. The molecule has 8 heteroatoms. The van der Waals surface area contributed by atoms with E-state index in [1.54, 1.807) is 6.33 Å². The molecule has 8 nitrogen and oxygen atoms in total. The number of nitrogen functional groups attached to an aromatic ring is 2. The number of nitrogens with two attached hydrogens (primary N) is 2. The van der Waals surface area contributed by atoms with Gasteiger partial charge in [0.1, 0.15) is 5.52 Å². The molecule has 1 aliphatic rings. The number of aromatic nitrogens is 4. The van der Waals surface area contributed by atoms with Gasteiger partial charge in [-0.2, -0.15) is 9.97 Å². The molecule has 2 aromatic rings. The molecule has 2 aromatic heterocycles. The average Bonchev–Trinajstić information content (AvgIpc) is 2.73. The van der Waals surface area contributed by atoms with Crippen molar-refractivity contribution < 1.29 is 10.2 Å². The number of nitrogens with zero attached hydrogens (tertiary/aromatic N) is 4. The first-order chi connectivity index (χ1) is 9.15. The van der Waals surface area contributed by atoms with Crippen LogP contribution in [0.2, 0.25) is 0 Å². The zero-order valence-electron chi connectivity index (χ0n) is 10.3. The third kappa shape index (κ3) is 1.71. The van der Waals surface area contributed by atoms with E-state index in [-0.39, 0.29) is 42.9 Å². The van der Waals surface area contributed by atoms with Gasteiger partial charge in [0.25, 0.3) is 0 Å². The Balaban J connectivity index is 2.02. The Bertz CT molecular complexity index is 612. The molecule has 0 radical (unpaired) electrons. The van der Waals surface area contributed by atoms with Crippen molar-refractivity contribution in [2.45, 2.75) is 12.5 Å². The summed E-state index contributed by atoms with van der Waals surface area (Å²) in [4.78, 5) is 12.2. The Hall–Kier alpha value is -1.93. The van der Waals surface area contributed by atoms with E-state index in [9.17, 15) is 10.2 Å². The van der Waals surface area contributed by atoms with E-state index in [1.807, 2.05) is 4.57 Å². The molecule has 1 aliphatic carbocycles. The standard InChI is InChI=1S/C11H16N6O2/c12-9-8-10(16-11(13)15-9)17(4-14-8)7-1-5(2-18)6(7)3-19/h4-7,18-19H,1-3H2,(H4,12,13,15,16). The van der Waals surface area contributed by atoms with Gasteiger partial charge in [-0.25, -0.2) is 4.98 Å². The van der Waals surface area contributed by atoms with Crippen molar-refractivity contribution in [1.82, 2.24) is 19.5 Å². The fraction of sp³-hybridized carbons (Fsp3) is 0.545. The molecule has 1 fully saturated rings. The third-order valence-corrected chi connectivity index (χ3v) is 3.91. The number of aliphatic hydroxyl groups is 2. The van der Waals surface area contributed by atoms with Crippen LogP contribution in [-0.4, -0.2) is 42.9 Å². The Morgan fingerprint density at radius 3 is 2.74 bits per heavy atom. The van der Waals surface area contributed by atoms with Crippen molar-refractivity contribution in [3.05, 3.63) is 6.33 Å². The van der Waals surface area contributed by atoms with Crippen LogP contribution in [-0.2, 0) is 0 Å². The number of imidazole rings is 1. The molecule has 0 aromatic carbocycles. The minimum atomic E-state index is -0.000172. The van der Waals surface area contributed by atoms with Crippen LogP contribution in [0.4, 0.5) is 11.8 Å². The van der Waals surface area contributed by atoms with Crippen LogP contribution in [0.5, 0.6) is 0 Å². The smallest absolute Gasteiger partial charge is 0.224 e. The van der Waals surface area contributed by atoms with Crippen LogP contribution in [0.3, 0.4) is 0 Å². The van der Waals surface area contributed by atoms with Gasteiger partial charge in [-0.15, -0.1) is 0 Å². The second-order valence-electron chi connectivity index (χ2n) is 4.88. The van der Waals surface area contributed by atoms with Gasteiger partial charge in [0.15, 0.2) is 11.5 Å². The molecule has 6 N–H and O–H groups in total. The van der Waals surface area contributed by atoms with Crippen LogP contribution in [0, 0.1) is 11.8 Å². The first-order valence-electron chi connectivity index (χ1n) is 6.13. The normalized spacial score (nSPS) is 26.5. The molecule has 102 valence electrons. The second-order valence-corrected chi connectivity index (χ2v) is 4.88. The van der Waals surface area contributed by atoms with E-state index < -0.39 is 0 Å². The van der Waals surface area contributed by atoms with Gasteiger partial charge in [-0.05, 0) is 12.3 Å². The number of hydrogen-bond donors (Lipinski definition) is 4. The Morgan fingerprint density at radius 2 is 2.05 bits per heavy atom. The molecule has 3 unspecified atom stereocenters.